The van der Waals surface area contributed by atoms with Crippen LogP contribution in [0.3, 0.4) is 0 Å². The van der Waals surface area contributed by atoms with Gasteiger partial charge in [0.2, 0.25) is 0 Å². The van der Waals surface area contributed by atoms with E-state index in [2.05, 4.69) is 60.9 Å². The number of thiophene rings is 1. The number of benzene rings is 1. The second-order valence-electron chi connectivity index (χ2n) is 6.99. The summed E-state index contributed by atoms with van der Waals surface area (Å²) >= 11 is 1.87. The van der Waals surface area contributed by atoms with Crippen molar-refractivity contribution in [2.24, 2.45) is 5.41 Å². The van der Waals surface area contributed by atoms with Crippen LogP contribution in [-0.2, 0) is 6.54 Å². The third kappa shape index (κ3) is 3.96. The molecule has 0 radical (unpaired) electrons. The molecule has 1 fully saturated rings. The highest BCUT2D eigenvalue weighted by Crippen LogP contribution is 2.35. The van der Waals surface area contributed by atoms with Gasteiger partial charge in [-0.3, -0.25) is 0 Å². The maximum Gasteiger partial charge on any atom is 0.0302 e. The summed E-state index contributed by atoms with van der Waals surface area (Å²) in [5.41, 5.74) is 3.23. The van der Waals surface area contributed by atoms with E-state index in [1.54, 1.807) is 0 Å². The van der Waals surface area contributed by atoms with Gasteiger partial charge in [0.1, 0.15) is 0 Å². The molecule has 1 aromatic heterocycles. The van der Waals surface area contributed by atoms with E-state index in [1.807, 2.05) is 11.3 Å². The van der Waals surface area contributed by atoms with Gasteiger partial charge in [0.25, 0.3) is 0 Å². The molecule has 1 heterocycles. The molecular weight excluding hydrogens is 274 g/mol. The van der Waals surface area contributed by atoms with E-state index < -0.39 is 0 Å². The summed E-state index contributed by atoms with van der Waals surface area (Å²) in [6, 6.07) is 13.7. The Morgan fingerprint density at radius 2 is 1.81 bits per heavy atom. The topological polar surface area (TPSA) is 12.0 Å². The summed E-state index contributed by atoms with van der Waals surface area (Å²) in [7, 11) is 0. The Bertz CT molecular complexity index is 560. The van der Waals surface area contributed by atoms with Crippen LogP contribution in [0.4, 0.5) is 0 Å². The molecule has 0 bridgehead atoms. The van der Waals surface area contributed by atoms with Crippen molar-refractivity contribution in [3.05, 3.63) is 46.7 Å². The zero-order valence-electron chi connectivity index (χ0n) is 13.1. The summed E-state index contributed by atoms with van der Waals surface area (Å²) < 4.78 is 0. The lowest BCUT2D eigenvalue weighted by Gasteiger charge is -2.34. The predicted octanol–water partition coefficient (Wildman–Crippen LogP) is 5.47. The van der Waals surface area contributed by atoms with Crippen molar-refractivity contribution in [1.82, 2.24) is 5.32 Å². The van der Waals surface area contributed by atoms with Crippen LogP contribution in [0.25, 0.3) is 11.1 Å². The monoisotopic (exact) mass is 299 g/mol. The second kappa shape index (κ2) is 6.33. The molecule has 1 nitrogen and oxygen atoms in total. The van der Waals surface area contributed by atoms with Crippen LogP contribution in [0, 0.1) is 5.41 Å². The molecule has 21 heavy (non-hydrogen) atoms. The first-order valence-electron chi connectivity index (χ1n) is 7.99. The highest BCUT2D eigenvalue weighted by atomic mass is 32.1. The maximum atomic E-state index is 3.75. The zero-order chi connectivity index (χ0) is 14.7. The van der Waals surface area contributed by atoms with Gasteiger partial charge < -0.3 is 5.32 Å². The van der Waals surface area contributed by atoms with Crippen LogP contribution in [0.15, 0.2) is 41.8 Å². The second-order valence-corrected chi connectivity index (χ2v) is 7.98. The zero-order valence-corrected chi connectivity index (χ0v) is 13.9. The predicted molar refractivity (Wildman–Crippen MR) is 92.6 cm³/mol. The van der Waals surface area contributed by atoms with Gasteiger partial charge in [-0.2, -0.15) is 0 Å². The fourth-order valence-corrected chi connectivity index (χ4v) is 3.95. The number of hydrogen-bond donors (Lipinski definition) is 1. The molecule has 1 saturated carbocycles. The first kappa shape index (κ1) is 14.8. The van der Waals surface area contributed by atoms with Crippen molar-refractivity contribution in [2.75, 3.05) is 0 Å². The summed E-state index contributed by atoms with van der Waals surface area (Å²) in [6.45, 7) is 5.81. The molecule has 1 aliphatic carbocycles. The van der Waals surface area contributed by atoms with Gasteiger partial charge in [0.15, 0.2) is 0 Å². The average Bonchev–Trinajstić information content (AvgIpc) is 2.96. The minimum Gasteiger partial charge on any atom is -0.309 e. The van der Waals surface area contributed by atoms with Crippen molar-refractivity contribution in [1.29, 1.82) is 0 Å². The Kier molecular flexibility index (Phi) is 4.46. The highest BCUT2D eigenvalue weighted by Gasteiger charge is 2.26. The lowest BCUT2D eigenvalue weighted by Crippen LogP contribution is -2.34. The summed E-state index contributed by atoms with van der Waals surface area (Å²) in [5.74, 6) is 0. The average molecular weight is 299 g/mol. The first-order chi connectivity index (χ1) is 10.1. The van der Waals surface area contributed by atoms with Crippen molar-refractivity contribution >= 4 is 11.3 Å². The molecule has 1 aromatic carbocycles. The van der Waals surface area contributed by atoms with Crippen LogP contribution in [0.5, 0.6) is 0 Å². The van der Waals surface area contributed by atoms with Gasteiger partial charge in [-0.05, 0) is 53.7 Å². The van der Waals surface area contributed by atoms with E-state index in [4.69, 9.17) is 0 Å². The third-order valence-electron chi connectivity index (χ3n) is 4.66. The standard InChI is InChI=1S/C19H25NS/c1-19(2)10-8-17(9-11-19)20-13-18-12-16(14-21-18)15-6-4-3-5-7-15/h3-7,12,14,17,20H,8-11,13H2,1-2H3. The number of nitrogens with one attached hydrogen (secondary N) is 1. The number of rotatable bonds is 4. The quantitative estimate of drug-likeness (QED) is 0.789. The van der Waals surface area contributed by atoms with Gasteiger partial charge in [-0.15, -0.1) is 11.3 Å². The molecule has 0 saturated heterocycles. The molecule has 0 spiro atoms. The first-order valence-corrected chi connectivity index (χ1v) is 8.87. The Labute approximate surface area is 132 Å². The van der Waals surface area contributed by atoms with Crippen LogP contribution in [0.1, 0.15) is 44.4 Å². The Hall–Kier alpha value is -1.12. The molecule has 2 aromatic rings. The SMILES string of the molecule is CC1(C)CCC(NCc2cc(-c3ccccc3)cs2)CC1. The Morgan fingerprint density at radius 3 is 2.52 bits per heavy atom. The van der Waals surface area contributed by atoms with Crippen LogP contribution in [-0.4, -0.2) is 6.04 Å². The summed E-state index contributed by atoms with van der Waals surface area (Å²) in [6.07, 6.45) is 5.35. The molecule has 1 N–H and O–H groups in total. The van der Waals surface area contributed by atoms with E-state index in [-0.39, 0.29) is 0 Å². The van der Waals surface area contributed by atoms with Gasteiger partial charge in [-0.1, -0.05) is 44.2 Å². The van der Waals surface area contributed by atoms with E-state index in [0.29, 0.717) is 11.5 Å². The third-order valence-corrected chi connectivity index (χ3v) is 5.60. The molecule has 112 valence electrons. The van der Waals surface area contributed by atoms with Crippen LogP contribution in [0.2, 0.25) is 0 Å². The molecule has 0 amide bonds. The smallest absolute Gasteiger partial charge is 0.0302 e. The largest absolute Gasteiger partial charge is 0.309 e. The summed E-state index contributed by atoms with van der Waals surface area (Å²) in [4.78, 5) is 1.44. The van der Waals surface area contributed by atoms with Gasteiger partial charge >= 0.3 is 0 Å². The highest BCUT2D eigenvalue weighted by molar-refractivity contribution is 7.10. The van der Waals surface area contributed by atoms with Crippen molar-refractivity contribution in [2.45, 2.75) is 52.1 Å². The van der Waals surface area contributed by atoms with Crippen LogP contribution >= 0.6 is 11.3 Å². The molecule has 0 unspecified atom stereocenters. The summed E-state index contributed by atoms with van der Waals surface area (Å²) in [5, 5.41) is 6.02. The van der Waals surface area contributed by atoms with Crippen LogP contribution < -0.4 is 5.32 Å². The molecule has 0 aliphatic heterocycles. The van der Waals surface area contributed by atoms with E-state index in [0.717, 1.165) is 6.54 Å². The fourth-order valence-electron chi connectivity index (χ4n) is 3.10. The molecule has 0 atom stereocenters. The normalized spacial score (nSPS) is 18.8. The molecular formula is C19H25NS. The maximum absolute atomic E-state index is 3.75. The Morgan fingerprint density at radius 1 is 1.10 bits per heavy atom. The van der Waals surface area contributed by atoms with Gasteiger partial charge in [-0.25, -0.2) is 0 Å². The lowest BCUT2D eigenvalue weighted by molar-refractivity contribution is 0.206. The van der Waals surface area contributed by atoms with Crippen molar-refractivity contribution in [3.63, 3.8) is 0 Å². The molecule has 2 heteroatoms. The van der Waals surface area contributed by atoms with E-state index >= 15 is 0 Å². The van der Waals surface area contributed by atoms with E-state index in [1.165, 1.54) is 41.7 Å². The van der Waals surface area contributed by atoms with Crippen molar-refractivity contribution < 1.29 is 0 Å². The molecule has 3 rings (SSSR count). The minimum absolute atomic E-state index is 0.557. The fraction of sp³-hybridized carbons (Fsp3) is 0.474. The van der Waals surface area contributed by atoms with Gasteiger partial charge in [0.05, 0.1) is 0 Å². The van der Waals surface area contributed by atoms with Gasteiger partial charge in [0, 0.05) is 17.5 Å². The Balaban J connectivity index is 1.54. The van der Waals surface area contributed by atoms with E-state index in [9.17, 15) is 0 Å². The number of hydrogen-bond acceptors (Lipinski definition) is 2. The molecule has 1 aliphatic rings. The lowest BCUT2D eigenvalue weighted by atomic mass is 9.75. The minimum atomic E-state index is 0.557. The van der Waals surface area contributed by atoms with Crippen molar-refractivity contribution in [3.8, 4) is 11.1 Å².